The van der Waals surface area contributed by atoms with E-state index in [1.54, 1.807) is 7.11 Å². The van der Waals surface area contributed by atoms with E-state index >= 15 is 0 Å². The Hall–Kier alpha value is -0.120. The monoisotopic (exact) mass is 321 g/mol. The lowest BCUT2D eigenvalue weighted by Gasteiger charge is -2.23. The molecule has 1 aromatic carbocycles. The molecule has 6 heteroatoms. The second-order valence-electron chi connectivity index (χ2n) is 5.18. The number of hydrogen-bond donors (Lipinski definition) is 1. The summed E-state index contributed by atoms with van der Waals surface area (Å²) in [7, 11) is 1.54. The molecule has 0 heterocycles. The summed E-state index contributed by atoms with van der Waals surface area (Å²) in [5, 5.41) is 3.60. The molecule has 0 radical (unpaired) electrons. The smallest absolute Gasteiger partial charge is 0.312 e. The molecule has 1 atom stereocenters. The van der Waals surface area contributed by atoms with Crippen LogP contribution >= 0.6 is 18.2 Å². The lowest BCUT2D eigenvalue weighted by Crippen LogP contribution is -2.15. The molecule has 0 amide bonds. The van der Waals surface area contributed by atoms with Crippen molar-refractivity contribution in [3.8, 4) is 5.75 Å². The third-order valence-electron chi connectivity index (χ3n) is 2.61. The molecule has 0 bridgehead atoms. The standard InChI is InChI=1S/C13H21ClNO2PS/c1-6-15-18(19,16-5)17-12-8-7-10(9-11(12)14)13(2,3)4/h7-9H,6H2,1-5H3,(H,15,19). The zero-order chi connectivity index (χ0) is 14.7. The van der Waals surface area contributed by atoms with Gasteiger partial charge in [-0.15, -0.1) is 0 Å². The van der Waals surface area contributed by atoms with E-state index in [2.05, 4.69) is 25.9 Å². The molecule has 1 aromatic rings. The van der Waals surface area contributed by atoms with Gasteiger partial charge in [0.15, 0.2) is 0 Å². The SMILES string of the molecule is CCNP(=S)(OC)Oc1ccc(C(C)(C)C)cc1Cl. The molecule has 108 valence electrons. The van der Waals surface area contributed by atoms with Crippen LogP contribution in [0.1, 0.15) is 33.3 Å². The minimum absolute atomic E-state index is 0.0469. The first-order valence-corrected chi connectivity index (χ1v) is 9.14. The summed E-state index contributed by atoms with van der Waals surface area (Å²) in [6, 6.07) is 5.76. The average Bonchev–Trinajstić information content (AvgIpc) is 2.31. The molecule has 1 unspecified atom stereocenters. The quantitative estimate of drug-likeness (QED) is 0.809. The van der Waals surface area contributed by atoms with E-state index in [1.807, 2.05) is 25.1 Å². The van der Waals surface area contributed by atoms with Crippen LogP contribution in [-0.4, -0.2) is 13.7 Å². The van der Waals surface area contributed by atoms with Gasteiger partial charge in [-0.25, -0.2) is 5.09 Å². The maximum absolute atomic E-state index is 6.26. The zero-order valence-corrected chi connectivity index (χ0v) is 14.5. The van der Waals surface area contributed by atoms with Gasteiger partial charge in [-0.05, 0) is 34.9 Å². The van der Waals surface area contributed by atoms with Crippen molar-refractivity contribution in [3.05, 3.63) is 28.8 Å². The van der Waals surface area contributed by atoms with Gasteiger partial charge in [-0.1, -0.05) is 45.4 Å². The van der Waals surface area contributed by atoms with E-state index in [0.29, 0.717) is 17.3 Å². The lowest BCUT2D eigenvalue weighted by molar-refractivity contribution is 0.381. The molecule has 1 N–H and O–H groups in total. The van der Waals surface area contributed by atoms with Crippen molar-refractivity contribution in [3.63, 3.8) is 0 Å². The predicted octanol–water partition coefficient (Wildman–Crippen LogP) is 4.50. The maximum Gasteiger partial charge on any atom is 0.312 e. The number of benzene rings is 1. The Morgan fingerprint density at radius 3 is 2.42 bits per heavy atom. The van der Waals surface area contributed by atoms with E-state index in [0.717, 1.165) is 5.56 Å². The van der Waals surface area contributed by atoms with E-state index in [-0.39, 0.29) is 5.41 Å². The number of rotatable bonds is 5. The first-order valence-electron chi connectivity index (χ1n) is 6.12. The number of nitrogens with one attached hydrogen (secondary N) is 1. The van der Waals surface area contributed by atoms with E-state index in [4.69, 9.17) is 32.5 Å². The van der Waals surface area contributed by atoms with Gasteiger partial charge >= 0.3 is 6.64 Å². The first kappa shape index (κ1) is 16.9. The average molecular weight is 322 g/mol. The summed E-state index contributed by atoms with van der Waals surface area (Å²) in [6.45, 7) is 6.54. The van der Waals surface area contributed by atoms with Gasteiger partial charge in [0.25, 0.3) is 0 Å². The molecule has 19 heavy (non-hydrogen) atoms. The molecule has 1 rings (SSSR count). The van der Waals surface area contributed by atoms with Crippen LogP contribution in [0.3, 0.4) is 0 Å². The van der Waals surface area contributed by atoms with Crippen molar-refractivity contribution in [1.29, 1.82) is 0 Å². The Kier molecular flexibility index (Phi) is 5.84. The van der Waals surface area contributed by atoms with Gasteiger partial charge in [0.05, 0.1) is 5.02 Å². The van der Waals surface area contributed by atoms with Gasteiger partial charge in [0.1, 0.15) is 5.75 Å². The van der Waals surface area contributed by atoms with Gasteiger partial charge in [0, 0.05) is 13.7 Å². The van der Waals surface area contributed by atoms with Crippen LogP contribution in [0.15, 0.2) is 18.2 Å². The molecule has 0 aliphatic carbocycles. The molecule has 0 saturated heterocycles. The molecule has 0 fully saturated rings. The van der Waals surface area contributed by atoms with Crippen LogP contribution in [0, 0.1) is 0 Å². The Labute approximate surface area is 125 Å². The fourth-order valence-corrected chi connectivity index (χ4v) is 3.47. The van der Waals surface area contributed by atoms with E-state index in [9.17, 15) is 0 Å². The predicted molar refractivity (Wildman–Crippen MR) is 85.8 cm³/mol. The summed E-state index contributed by atoms with van der Waals surface area (Å²) < 4.78 is 11.0. The van der Waals surface area contributed by atoms with Crippen molar-refractivity contribution < 1.29 is 9.05 Å². The van der Waals surface area contributed by atoms with Crippen molar-refractivity contribution in [2.45, 2.75) is 33.1 Å². The third kappa shape index (κ3) is 4.73. The summed E-state index contributed by atoms with van der Waals surface area (Å²) in [4.78, 5) is 0. The maximum atomic E-state index is 6.26. The molecule has 3 nitrogen and oxygen atoms in total. The van der Waals surface area contributed by atoms with Crippen LogP contribution in [-0.2, 0) is 21.7 Å². The number of hydrogen-bond acceptors (Lipinski definition) is 3. The van der Waals surface area contributed by atoms with Gasteiger partial charge in [-0.3, -0.25) is 0 Å². The van der Waals surface area contributed by atoms with Crippen molar-refractivity contribution in [2.75, 3.05) is 13.7 Å². The fraction of sp³-hybridized carbons (Fsp3) is 0.538. The van der Waals surface area contributed by atoms with Crippen LogP contribution < -0.4 is 9.61 Å². The molecule has 0 spiro atoms. The lowest BCUT2D eigenvalue weighted by atomic mass is 9.87. The van der Waals surface area contributed by atoms with Crippen molar-refractivity contribution in [1.82, 2.24) is 5.09 Å². The molecule has 0 aromatic heterocycles. The number of halogens is 1. The van der Waals surface area contributed by atoms with Crippen molar-refractivity contribution >= 4 is 30.1 Å². The van der Waals surface area contributed by atoms with Crippen LogP contribution in [0.2, 0.25) is 5.02 Å². The first-order chi connectivity index (χ1) is 8.72. The highest BCUT2D eigenvalue weighted by Gasteiger charge is 2.21. The Morgan fingerprint density at radius 1 is 1.37 bits per heavy atom. The minimum atomic E-state index is -2.51. The van der Waals surface area contributed by atoms with Gasteiger partial charge in [-0.2, -0.15) is 0 Å². The molecular weight excluding hydrogens is 301 g/mol. The largest absolute Gasteiger partial charge is 0.431 e. The zero-order valence-electron chi connectivity index (χ0n) is 12.0. The Morgan fingerprint density at radius 2 is 2.00 bits per heavy atom. The second kappa shape index (κ2) is 6.55. The highest BCUT2D eigenvalue weighted by Crippen LogP contribution is 2.46. The highest BCUT2D eigenvalue weighted by atomic mass is 35.5. The normalized spacial score (nSPS) is 15.1. The van der Waals surface area contributed by atoms with Gasteiger partial charge < -0.3 is 9.05 Å². The van der Waals surface area contributed by atoms with E-state index < -0.39 is 6.64 Å². The third-order valence-corrected chi connectivity index (χ3v) is 5.58. The molecule has 0 aliphatic rings. The summed E-state index contributed by atoms with van der Waals surface area (Å²) >= 11 is 11.6. The second-order valence-corrected chi connectivity index (χ2v) is 8.89. The molecule has 0 aliphatic heterocycles. The molecule has 0 saturated carbocycles. The summed E-state index contributed by atoms with van der Waals surface area (Å²) in [5.74, 6) is 0.556. The Bertz CT molecular complexity index is 488. The summed E-state index contributed by atoms with van der Waals surface area (Å²) in [6.07, 6.45) is 0. The molecular formula is C13H21ClNO2PS. The van der Waals surface area contributed by atoms with E-state index in [1.165, 1.54) is 0 Å². The minimum Gasteiger partial charge on any atom is -0.431 e. The van der Waals surface area contributed by atoms with Crippen molar-refractivity contribution in [2.24, 2.45) is 0 Å². The van der Waals surface area contributed by atoms with Crippen LogP contribution in [0.4, 0.5) is 0 Å². The highest BCUT2D eigenvalue weighted by molar-refractivity contribution is 8.09. The van der Waals surface area contributed by atoms with Crippen LogP contribution in [0.5, 0.6) is 5.75 Å². The Balaban J connectivity index is 3.01. The van der Waals surface area contributed by atoms with Crippen LogP contribution in [0.25, 0.3) is 0 Å². The topological polar surface area (TPSA) is 30.5 Å². The summed E-state index contributed by atoms with van der Waals surface area (Å²) in [5.41, 5.74) is 1.20. The fourth-order valence-electron chi connectivity index (χ4n) is 1.50. The van der Waals surface area contributed by atoms with Gasteiger partial charge in [0.2, 0.25) is 0 Å².